The van der Waals surface area contributed by atoms with Gasteiger partial charge in [-0.05, 0) is 43.0 Å². The number of benzene rings is 1. The van der Waals surface area contributed by atoms with Gasteiger partial charge in [0.05, 0.1) is 7.11 Å². The number of anilines is 2. The van der Waals surface area contributed by atoms with E-state index in [9.17, 15) is 15.2 Å². The number of carbonyl (C=O) groups excluding carboxylic acids is 1. The van der Waals surface area contributed by atoms with Crippen molar-refractivity contribution in [3.63, 3.8) is 0 Å². The smallest absolute Gasteiger partial charge is 0.268 e. The number of methoxy groups -OCH3 is 1. The van der Waals surface area contributed by atoms with E-state index < -0.39 is 5.91 Å². The average Bonchev–Trinajstić information content (AvgIpc) is 3.16. The maximum absolute atomic E-state index is 12.4. The first-order chi connectivity index (χ1) is 13.1. The molecule has 1 aliphatic rings. The van der Waals surface area contributed by atoms with Crippen molar-refractivity contribution in [3.8, 4) is 17.6 Å². The number of rotatable bonds is 5. The first kappa shape index (κ1) is 18.7. The summed E-state index contributed by atoms with van der Waals surface area (Å²) in [6, 6.07) is 6.45. The molecule has 1 saturated heterocycles. The minimum Gasteiger partial charge on any atom is -0.504 e. The van der Waals surface area contributed by atoms with Crippen molar-refractivity contribution in [2.75, 3.05) is 30.4 Å². The predicted octanol–water partition coefficient (Wildman–Crippen LogP) is 2.79. The number of aromatic nitrogens is 2. The van der Waals surface area contributed by atoms with Crippen molar-refractivity contribution >= 4 is 33.6 Å². The number of hydrogen-bond donors (Lipinski definition) is 2. The molecule has 8 nitrogen and oxygen atoms in total. The van der Waals surface area contributed by atoms with Crippen LogP contribution < -0.4 is 15.0 Å². The topological polar surface area (TPSA) is 111 Å². The van der Waals surface area contributed by atoms with Gasteiger partial charge in [0.1, 0.15) is 11.6 Å². The standard InChI is InChI=1S/C18H19N5O3S/c1-26-15-10-12(5-6-14(15)24)9-13(11-19)16(25)20-17-21-22-18(27-17)23-7-3-2-4-8-23/h5-6,9-10,24H,2-4,7-8H2,1H3,(H,20,21,25)/b13-9-. The van der Waals surface area contributed by atoms with Crippen molar-refractivity contribution in [2.45, 2.75) is 19.3 Å². The Hall–Kier alpha value is -3.12. The molecule has 2 heterocycles. The number of carbonyl (C=O) groups is 1. The van der Waals surface area contributed by atoms with Crippen molar-refractivity contribution in [2.24, 2.45) is 0 Å². The second kappa shape index (κ2) is 8.51. The van der Waals surface area contributed by atoms with Crippen LogP contribution in [0.5, 0.6) is 11.5 Å². The molecule has 2 N–H and O–H groups in total. The quantitative estimate of drug-likeness (QED) is 0.601. The molecule has 1 aromatic heterocycles. The van der Waals surface area contributed by atoms with Crippen LogP contribution in [0.25, 0.3) is 6.08 Å². The van der Waals surface area contributed by atoms with Crippen molar-refractivity contribution < 1.29 is 14.6 Å². The van der Waals surface area contributed by atoms with Gasteiger partial charge in [0.25, 0.3) is 5.91 Å². The molecule has 0 bridgehead atoms. The second-order valence-corrected chi connectivity index (χ2v) is 6.95. The van der Waals surface area contributed by atoms with E-state index in [0.29, 0.717) is 10.7 Å². The lowest BCUT2D eigenvalue weighted by molar-refractivity contribution is -0.112. The fraction of sp³-hybridized carbons (Fsp3) is 0.333. The first-order valence-electron chi connectivity index (χ1n) is 8.49. The summed E-state index contributed by atoms with van der Waals surface area (Å²) in [7, 11) is 1.43. The molecule has 0 radical (unpaired) electrons. The number of nitriles is 1. The van der Waals surface area contributed by atoms with Crippen LogP contribution in [0.2, 0.25) is 0 Å². The summed E-state index contributed by atoms with van der Waals surface area (Å²) in [6.45, 7) is 1.88. The molecule has 1 amide bonds. The maximum Gasteiger partial charge on any atom is 0.268 e. The van der Waals surface area contributed by atoms with Crippen molar-refractivity contribution in [1.29, 1.82) is 5.26 Å². The molecule has 1 aliphatic heterocycles. The summed E-state index contributed by atoms with van der Waals surface area (Å²) < 4.78 is 5.03. The third kappa shape index (κ3) is 4.54. The highest BCUT2D eigenvalue weighted by atomic mass is 32.1. The van der Waals surface area contributed by atoms with E-state index >= 15 is 0 Å². The summed E-state index contributed by atoms with van der Waals surface area (Å²) in [6.07, 6.45) is 4.89. The van der Waals surface area contributed by atoms with Gasteiger partial charge in [-0.15, -0.1) is 10.2 Å². The zero-order valence-corrected chi connectivity index (χ0v) is 15.6. The minimum atomic E-state index is -0.564. The van der Waals surface area contributed by atoms with Gasteiger partial charge in [-0.1, -0.05) is 17.4 Å². The molecule has 9 heteroatoms. The van der Waals surface area contributed by atoms with Crippen LogP contribution in [0.4, 0.5) is 10.3 Å². The lowest BCUT2D eigenvalue weighted by atomic mass is 10.1. The van der Waals surface area contributed by atoms with Gasteiger partial charge >= 0.3 is 0 Å². The van der Waals surface area contributed by atoms with Crippen LogP contribution in [0.1, 0.15) is 24.8 Å². The summed E-state index contributed by atoms with van der Waals surface area (Å²) in [5.74, 6) is -0.320. The van der Waals surface area contributed by atoms with Crippen molar-refractivity contribution in [1.82, 2.24) is 10.2 Å². The highest BCUT2D eigenvalue weighted by Gasteiger charge is 2.17. The van der Waals surface area contributed by atoms with Gasteiger partial charge in [-0.3, -0.25) is 10.1 Å². The van der Waals surface area contributed by atoms with Crippen LogP contribution in [0.15, 0.2) is 23.8 Å². The van der Waals surface area contributed by atoms with E-state index in [-0.39, 0.29) is 17.1 Å². The number of phenols is 1. The first-order valence-corrected chi connectivity index (χ1v) is 9.31. The monoisotopic (exact) mass is 385 g/mol. The molecule has 140 valence electrons. The SMILES string of the molecule is COc1cc(/C=C(/C#N)C(=O)Nc2nnc(N3CCCCC3)s2)ccc1O. The number of nitrogens with one attached hydrogen (secondary N) is 1. The predicted molar refractivity (Wildman–Crippen MR) is 103 cm³/mol. The Morgan fingerprint density at radius 2 is 2.15 bits per heavy atom. The van der Waals surface area contributed by atoms with Gasteiger partial charge in [0.15, 0.2) is 11.5 Å². The Bertz CT molecular complexity index is 897. The van der Waals surface area contributed by atoms with Gasteiger partial charge in [-0.2, -0.15) is 5.26 Å². The number of aromatic hydroxyl groups is 1. The lowest BCUT2D eigenvalue weighted by Crippen LogP contribution is -2.29. The molecule has 27 heavy (non-hydrogen) atoms. The molecule has 2 aromatic rings. The highest BCUT2D eigenvalue weighted by Crippen LogP contribution is 2.28. The normalized spacial score (nSPS) is 14.5. The van der Waals surface area contributed by atoms with Gasteiger partial charge in [0.2, 0.25) is 10.3 Å². The minimum absolute atomic E-state index is 0.0169. The van der Waals surface area contributed by atoms with E-state index in [0.717, 1.165) is 31.1 Å². The third-order valence-corrected chi connectivity index (χ3v) is 5.04. The summed E-state index contributed by atoms with van der Waals surface area (Å²) in [5.41, 5.74) is 0.472. The molecule has 0 spiro atoms. The van der Waals surface area contributed by atoms with Crippen LogP contribution in [-0.2, 0) is 4.79 Å². The third-order valence-electron chi connectivity index (χ3n) is 4.14. The number of amides is 1. The van der Waals surface area contributed by atoms with Crippen LogP contribution in [-0.4, -0.2) is 41.4 Å². The Morgan fingerprint density at radius 1 is 1.37 bits per heavy atom. The number of hydrogen-bond acceptors (Lipinski definition) is 8. The number of phenolic OH excluding ortho intramolecular Hbond substituents is 1. The van der Waals surface area contributed by atoms with Crippen LogP contribution in [0, 0.1) is 11.3 Å². The molecule has 1 fully saturated rings. The molecular formula is C18H19N5O3S. The molecule has 3 rings (SSSR count). The van der Waals surface area contributed by atoms with Gasteiger partial charge < -0.3 is 14.7 Å². The number of ether oxygens (including phenoxy) is 1. The molecule has 0 saturated carbocycles. The highest BCUT2D eigenvalue weighted by molar-refractivity contribution is 7.19. The zero-order valence-electron chi connectivity index (χ0n) is 14.8. The molecule has 0 atom stereocenters. The van der Waals surface area contributed by atoms with E-state index in [1.54, 1.807) is 12.1 Å². The van der Waals surface area contributed by atoms with E-state index in [1.165, 1.54) is 37.0 Å². The van der Waals surface area contributed by atoms with Crippen LogP contribution >= 0.6 is 11.3 Å². The van der Waals surface area contributed by atoms with Gasteiger partial charge in [0, 0.05) is 13.1 Å². The Kier molecular flexibility index (Phi) is 5.88. The molecular weight excluding hydrogens is 366 g/mol. The maximum atomic E-state index is 12.4. The number of nitrogens with zero attached hydrogens (tertiary/aromatic N) is 4. The average molecular weight is 385 g/mol. The molecule has 1 aromatic carbocycles. The van der Waals surface area contributed by atoms with E-state index in [2.05, 4.69) is 20.4 Å². The Labute approximate surface area is 160 Å². The summed E-state index contributed by atoms with van der Waals surface area (Å²) >= 11 is 1.29. The summed E-state index contributed by atoms with van der Waals surface area (Å²) in [4.78, 5) is 14.6. The van der Waals surface area contributed by atoms with Crippen molar-refractivity contribution in [3.05, 3.63) is 29.3 Å². The fourth-order valence-electron chi connectivity index (χ4n) is 2.74. The molecule has 0 aliphatic carbocycles. The number of piperidine rings is 1. The fourth-order valence-corrected chi connectivity index (χ4v) is 3.53. The Morgan fingerprint density at radius 3 is 2.85 bits per heavy atom. The summed E-state index contributed by atoms with van der Waals surface area (Å²) in [5, 5.41) is 30.8. The zero-order chi connectivity index (χ0) is 19.2. The second-order valence-electron chi connectivity index (χ2n) is 5.99. The van der Waals surface area contributed by atoms with E-state index in [4.69, 9.17) is 4.74 Å². The largest absolute Gasteiger partial charge is 0.504 e. The lowest BCUT2D eigenvalue weighted by Gasteiger charge is -2.25. The van der Waals surface area contributed by atoms with Crippen LogP contribution in [0.3, 0.4) is 0 Å². The van der Waals surface area contributed by atoms with E-state index in [1.807, 2.05) is 6.07 Å². The molecule has 0 unspecified atom stereocenters. The Balaban J connectivity index is 1.72. The van der Waals surface area contributed by atoms with Gasteiger partial charge in [-0.25, -0.2) is 0 Å².